The van der Waals surface area contributed by atoms with E-state index in [1.807, 2.05) is 0 Å². The Bertz CT molecular complexity index is 401. The first-order valence-electron chi connectivity index (χ1n) is 18.3. The minimum atomic E-state index is 0.313. The lowest BCUT2D eigenvalue weighted by molar-refractivity contribution is 0.190. The highest BCUT2D eigenvalue weighted by Crippen LogP contribution is 2.15. The first-order valence-corrected chi connectivity index (χ1v) is 20.6. The Morgan fingerprint density at radius 1 is 0.350 bits per heavy atom. The SMILES string of the molecule is CCCCCCCCSCCCCCCCCCN(CCO)CCCCCCCCCSCCCCCCCC. The molecule has 0 saturated heterocycles. The zero-order chi connectivity index (χ0) is 29.0. The predicted molar refractivity (Wildman–Crippen MR) is 190 cm³/mol. The molecule has 242 valence electrons. The zero-order valence-corrected chi connectivity index (χ0v) is 29.4. The molecule has 0 rings (SSSR count). The maximum atomic E-state index is 9.46. The highest BCUT2D eigenvalue weighted by atomic mass is 32.2. The van der Waals surface area contributed by atoms with Crippen LogP contribution in [0.4, 0.5) is 0 Å². The van der Waals surface area contributed by atoms with E-state index in [9.17, 15) is 5.11 Å². The molecular weight excluding hydrogens is 527 g/mol. The van der Waals surface area contributed by atoms with Gasteiger partial charge in [0, 0.05) is 6.54 Å². The quantitative estimate of drug-likeness (QED) is 0.0721. The molecule has 0 amide bonds. The molecule has 0 aromatic rings. The number of aliphatic hydroxyl groups is 1. The molecule has 0 spiro atoms. The Kier molecular flexibility index (Phi) is 38.2. The van der Waals surface area contributed by atoms with Crippen LogP contribution in [-0.4, -0.2) is 59.3 Å². The summed E-state index contributed by atoms with van der Waals surface area (Å²) in [4.78, 5) is 2.52. The second kappa shape index (κ2) is 37.6. The number of nitrogens with zero attached hydrogens (tertiary/aromatic N) is 1. The summed E-state index contributed by atoms with van der Waals surface area (Å²) in [7, 11) is 0. The van der Waals surface area contributed by atoms with Gasteiger partial charge in [-0.2, -0.15) is 23.5 Å². The summed E-state index contributed by atoms with van der Waals surface area (Å²) in [6.07, 6.45) is 36.6. The summed E-state index contributed by atoms with van der Waals surface area (Å²) in [5, 5.41) is 9.46. The van der Waals surface area contributed by atoms with Crippen molar-refractivity contribution in [1.29, 1.82) is 0 Å². The van der Waals surface area contributed by atoms with Gasteiger partial charge in [0.15, 0.2) is 0 Å². The first-order chi connectivity index (χ1) is 19.8. The summed E-state index contributed by atoms with van der Waals surface area (Å²) in [5.41, 5.74) is 0. The highest BCUT2D eigenvalue weighted by molar-refractivity contribution is 7.99. The van der Waals surface area contributed by atoms with Gasteiger partial charge >= 0.3 is 0 Å². The molecule has 40 heavy (non-hydrogen) atoms. The van der Waals surface area contributed by atoms with Crippen LogP contribution in [0.3, 0.4) is 0 Å². The summed E-state index contributed by atoms with van der Waals surface area (Å²) < 4.78 is 0. The summed E-state index contributed by atoms with van der Waals surface area (Å²) in [6.45, 7) is 8.15. The Balaban J connectivity index is 3.35. The summed E-state index contributed by atoms with van der Waals surface area (Å²) >= 11 is 4.38. The van der Waals surface area contributed by atoms with Crippen molar-refractivity contribution in [2.75, 3.05) is 49.3 Å². The number of thioether (sulfide) groups is 2. The largest absolute Gasteiger partial charge is 0.395 e. The standard InChI is InChI=1S/C36H75NOS2/c1-3-5-7-9-19-25-33-39-35-27-21-15-11-13-17-23-29-37(31-32-38)30-24-18-14-12-16-22-28-36-40-34-26-20-10-8-6-4-2/h38H,3-36H2,1-2H3. The molecule has 0 aliphatic rings. The molecule has 4 heteroatoms. The van der Waals surface area contributed by atoms with Crippen LogP contribution >= 0.6 is 23.5 Å². The van der Waals surface area contributed by atoms with Gasteiger partial charge in [-0.15, -0.1) is 0 Å². The molecule has 0 aromatic carbocycles. The van der Waals surface area contributed by atoms with Crippen molar-refractivity contribution in [3.8, 4) is 0 Å². The van der Waals surface area contributed by atoms with Crippen molar-refractivity contribution in [2.45, 2.75) is 181 Å². The van der Waals surface area contributed by atoms with Crippen LogP contribution in [-0.2, 0) is 0 Å². The third-order valence-electron chi connectivity index (χ3n) is 8.23. The van der Waals surface area contributed by atoms with Crippen molar-refractivity contribution >= 4 is 23.5 Å². The summed E-state index contributed by atoms with van der Waals surface area (Å²) in [6, 6.07) is 0. The van der Waals surface area contributed by atoms with Crippen LogP contribution < -0.4 is 0 Å². The van der Waals surface area contributed by atoms with E-state index >= 15 is 0 Å². The number of unbranched alkanes of at least 4 members (excludes halogenated alkanes) is 22. The van der Waals surface area contributed by atoms with Gasteiger partial charge in [-0.25, -0.2) is 0 Å². The van der Waals surface area contributed by atoms with E-state index in [0.29, 0.717) is 6.61 Å². The smallest absolute Gasteiger partial charge is 0.0558 e. The Morgan fingerprint density at radius 3 is 0.925 bits per heavy atom. The molecule has 2 nitrogen and oxygen atoms in total. The minimum absolute atomic E-state index is 0.313. The van der Waals surface area contributed by atoms with Crippen molar-refractivity contribution in [3.63, 3.8) is 0 Å². The maximum Gasteiger partial charge on any atom is 0.0558 e. The van der Waals surface area contributed by atoms with E-state index in [1.54, 1.807) is 0 Å². The minimum Gasteiger partial charge on any atom is -0.395 e. The Hall–Kier alpha value is 0.620. The monoisotopic (exact) mass is 602 g/mol. The first kappa shape index (κ1) is 40.6. The Labute approximate surface area is 262 Å². The highest BCUT2D eigenvalue weighted by Gasteiger charge is 2.04. The number of rotatable bonds is 36. The van der Waals surface area contributed by atoms with Crippen molar-refractivity contribution in [2.24, 2.45) is 0 Å². The van der Waals surface area contributed by atoms with Crippen LogP contribution in [0, 0.1) is 0 Å². The molecule has 0 atom stereocenters. The Morgan fingerprint density at radius 2 is 0.625 bits per heavy atom. The molecule has 0 aliphatic heterocycles. The third-order valence-corrected chi connectivity index (χ3v) is 10.5. The zero-order valence-electron chi connectivity index (χ0n) is 27.8. The lowest BCUT2D eigenvalue weighted by atomic mass is 10.1. The van der Waals surface area contributed by atoms with Crippen LogP contribution in [0.2, 0.25) is 0 Å². The van der Waals surface area contributed by atoms with Crippen molar-refractivity contribution in [3.05, 3.63) is 0 Å². The normalized spacial score (nSPS) is 11.7. The van der Waals surface area contributed by atoms with Gasteiger partial charge in [0.1, 0.15) is 0 Å². The van der Waals surface area contributed by atoms with Gasteiger partial charge in [-0.1, -0.05) is 142 Å². The van der Waals surface area contributed by atoms with Gasteiger partial charge in [0.25, 0.3) is 0 Å². The van der Waals surface area contributed by atoms with Gasteiger partial charge in [0.05, 0.1) is 6.61 Å². The van der Waals surface area contributed by atoms with E-state index in [-0.39, 0.29) is 0 Å². The third kappa shape index (κ3) is 34.8. The summed E-state index contributed by atoms with van der Waals surface area (Å²) in [5.74, 6) is 5.53. The number of hydrogen-bond donors (Lipinski definition) is 1. The van der Waals surface area contributed by atoms with Gasteiger partial charge in [-0.3, -0.25) is 0 Å². The second-order valence-corrected chi connectivity index (χ2v) is 14.7. The molecule has 0 saturated carbocycles. The van der Waals surface area contributed by atoms with Crippen LogP contribution in [0.25, 0.3) is 0 Å². The lowest BCUT2D eigenvalue weighted by Crippen LogP contribution is -2.29. The molecule has 1 N–H and O–H groups in total. The molecule has 0 radical (unpaired) electrons. The topological polar surface area (TPSA) is 23.5 Å². The van der Waals surface area contributed by atoms with Gasteiger partial charge in [-0.05, 0) is 74.6 Å². The average molecular weight is 602 g/mol. The molecule has 0 aliphatic carbocycles. The fraction of sp³-hybridized carbons (Fsp3) is 1.00. The lowest BCUT2D eigenvalue weighted by Gasteiger charge is -2.21. The fourth-order valence-corrected chi connectivity index (χ4v) is 7.54. The molecule has 0 heterocycles. The molecule has 0 aromatic heterocycles. The van der Waals surface area contributed by atoms with Gasteiger partial charge in [0.2, 0.25) is 0 Å². The van der Waals surface area contributed by atoms with Crippen LogP contribution in [0.5, 0.6) is 0 Å². The van der Waals surface area contributed by atoms with E-state index in [2.05, 4.69) is 42.3 Å². The predicted octanol–water partition coefficient (Wildman–Crippen LogP) is 11.9. The number of hydrogen-bond acceptors (Lipinski definition) is 4. The van der Waals surface area contributed by atoms with Crippen molar-refractivity contribution in [1.82, 2.24) is 4.90 Å². The van der Waals surface area contributed by atoms with Crippen LogP contribution in [0.1, 0.15) is 181 Å². The number of aliphatic hydroxyl groups excluding tert-OH is 1. The maximum absolute atomic E-state index is 9.46. The second-order valence-electron chi connectivity index (χ2n) is 12.3. The van der Waals surface area contributed by atoms with Crippen LogP contribution in [0.15, 0.2) is 0 Å². The average Bonchev–Trinajstić information content (AvgIpc) is 2.96. The van der Waals surface area contributed by atoms with E-state index in [4.69, 9.17) is 0 Å². The van der Waals surface area contributed by atoms with E-state index < -0.39 is 0 Å². The molecular formula is C36H75NOS2. The van der Waals surface area contributed by atoms with E-state index in [1.165, 1.54) is 203 Å². The fourth-order valence-electron chi connectivity index (χ4n) is 5.50. The molecule has 0 bridgehead atoms. The molecule has 0 fully saturated rings. The molecule has 0 unspecified atom stereocenters. The van der Waals surface area contributed by atoms with E-state index in [0.717, 1.165) is 6.54 Å². The van der Waals surface area contributed by atoms with Gasteiger partial charge < -0.3 is 10.0 Å². The van der Waals surface area contributed by atoms with Crippen molar-refractivity contribution < 1.29 is 5.11 Å².